The third-order valence-corrected chi connectivity index (χ3v) is 1.80. The van der Waals surface area contributed by atoms with Crippen molar-refractivity contribution in [1.29, 1.82) is 0 Å². The van der Waals surface area contributed by atoms with Crippen molar-refractivity contribution in [3.8, 4) is 0 Å². The van der Waals surface area contributed by atoms with E-state index in [0.717, 1.165) is 0 Å². The standard InChI is InChI=1S/C8H4ClF2NO/c9-8-12-5-2-1-4(7(10)11)3-6(5)13-8/h1-3,7H. The molecule has 0 aliphatic heterocycles. The molecule has 0 saturated heterocycles. The van der Waals surface area contributed by atoms with E-state index in [2.05, 4.69) is 4.98 Å². The van der Waals surface area contributed by atoms with E-state index >= 15 is 0 Å². The van der Waals surface area contributed by atoms with E-state index in [9.17, 15) is 8.78 Å². The van der Waals surface area contributed by atoms with Crippen molar-refractivity contribution in [1.82, 2.24) is 4.98 Å². The van der Waals surface area contributed by atoms with Crippen LogP contribution in [0.1, 0.15) is 12.0 Å². The second kappa shape index (κ2) is 2.96. The van der Waals surface area contributed by atoms with Gasteiger partial charge in [0.2, 0.25) is 0 Å². The summed E-state index contributed by atoms with van der Waals surface area (Å²) in [6.07, 6.45) is -2.51. The molecule has 2 rings (SSSR count). The summed E-state index contributed by atoms with van der Waals surface area (Å²) < 4.78 is 29.3. The van der Waals surface area contributed by atoms with E-state index in [1.165, 1.54) is 18.2 Å². The molecule has 0 aliphatic carbocycles. The molecule has 0 bridgehead atoms. The molecule has 0 spiro atoms. The fraction of sp³-hybridized carbons (Fsp3) is 0.125. The van der Waals surface area contributed by atoms with Crippen molar-refractivity contribution in [2.75, 3.05) is 0 Å². The average molecular weight is 204 g/mol. The lowest BCUT2D eigenvalue weighted by molar-refractivity contribution is 0.151. The highest BCUT2D eigenvalue weighted by Gasteiger charge is 2.10. The Morgan fingerprint density at radius 2 is 2.15 bits per heavy atom. The van der Waals surface area contributed by atoms with Crippen LogP contribution in [0.4, 0.5) is 8.78 Å². The van der Waals surface area contributed by atoms with Gasteiger partial charge in [-0.05, 0) is 23.7 Å². The number of halogens is 3. The number of oxazole rings is 1. The van der Waals surface area contributed by atoms with Gasteiger partial charge in [0.25, 0.3) is 11.8 Å². The number of fused-ring (bicyclic) bond motifs is 1. The number of aromatic nitrogens is 1. The highest BCUT2D eigenvalue weighted by atomic mass is 35.5. The second-order valence-electron chi connectivity index (χ2n) is 2.49. The number of rotatable bonds is 1. The van der Waals surface area contributed by atoms with Gasteiger partial charge in [0.1, 0.15) is 5.52 Å². The summed E-state index contributed by atoms with van der Waals surface area (Å²) >= 11 is 5.45. The third-order valence-electron chi connectivity index (χ3n) is 1.64. The fourth-order valence-corrected chi connectivity index (χ4v) is 1.22. The first-order valence-electron chi connectivity index (χ1n) is 3.51. The van der Waals surface area contributed by atoms with E-state index in [1.807, 2.05) is 0 Å². The highest BCUT2D eigenvalue weighted by Crippen LogP contribution is 2.25. The quantitative estimate of drug-likeness (QED) is 0.710. The van der Waals surface area contributed by atoms with Crippen LogP contribution in [0, 0.1) is 0 Å². The summed E-state index contributed by atoms with van der Waals surface area (Å²) in [5.41, 5.74) is 0.664. The van der Waals surface area contributed by atoms with Crippen LogP contribution in [0.25, 0.3) is 11.1 Å². The zero-order valence-electron chi connectivity index (χ0n) is 6.30. The minimum atomic E-state index is -2.51. The van der Waals surface area contributed by atoms with Gasteiger partial charge in [-0.1, -0.05) is 6.07 Å². The lowest BCUT2D eigenvalue weighted by Gasteiger charge is -1.96. The SMILES string of the molecule is FC(F)c1ccc2nc(Cl)oc2c1. The zero-order chi connectivity index (χ0) is 9.42. The topological polar surface area (TPSA) is 26.0 Å². The van der Waals surface area contributed by atoms with Crippen LogP contribution in [0.2, 0.25) is 5.35 Å². The van der Waals surface area contributed by atoms with Gasteiger partial charge in [0.15, 0.2) is 5.58 Å². The molecule has 1 heterocycles. The van der Waals surface area contributed by atoms with Crippen LogP contribution in [-0.2, 0) is 0 Å². The van der Waals surface area contributed by atoms with E-state index in [4.69, 9.17) is 16.0 Å². The molecule has 5 heteroatoms. The van der Waals surface area contributed by atoms with E-state index in [1.54, 1.807) is 0 Å². The Bertz CT molecular complexity index is 441. The summed E-state index contributed by atoms with van der Waals surface area (Å²) in [6, 6.07) is 3.98. The molecule has 0 atom stereocenters. The summed E-state index contributed by atoms with van der Waals surface area (Å²) in [7, 11) is 0. The van der Waals surface area contributed by atoms with E-state index in [-0.39, 0.29) is 16.5 Å². The number of hydrogen-bond donors (Lipinski definition) is 0. The fourth-order valence-electron chi connectivity index (χ4n) is 1.05. The number of hydrogen-bond acceptors (Lipinski definition) is 2. The van der Waals surface area contributed by atoms with Crippen molar-refractivity contribution < 1.29 is 13.2 Å². The first kappa shape index (κ1) is 8.44. The summed E-state index contributed by atoms with van der Waals surface area (Å²) in [4.78, 5) is 3.77. The molecule has 68 valence electrons. The maximum absolute atomic E-state index is 12.2. The number of nitrogens with zero attached hydrogens (tertiary/aromatic N) is 1. The average Bonchev–Trinajstić information content (AvgIpc) is 2.42. The van der Waals surface area contributed by atoms with Crippen molar-refractivity contribution in [2.24, 2.45) is 0 Å². The van der Waals surface area contributed by atoms with Gasteiger partial charge in [-0.2, -0.15) is 4.98 Å². The van der Waals surface area contributed by atoms with Gasteiger partial charge in [0, 0.05) is 5.56 Å². The maximum atomic E-state index is 12.2. The Hall–Kier alpha value is -1.16. The lowest BCUT2D eigenvalue weighted by atomic mass is 10.2. The maximum Gasteiger partial charge on any atom is 0.293 e. The Kier molecular flexibility index (Phi) is 1.92. The van der Waals surface area contributed by atoms with Crippen LogP contribution in [-0.4, -0.2) is 4.98 Å². The molecule has 13 heavy (non-hydrogen) atoms. The molecule has 0 N–H and O–H groups in total. The summed E-state index contributed by atoms with van der Waals surface area (Å²) in [5.74, 6) is 0. The highest BCUT2D eigenvalue weighted by molar-refractivity contribution is 6.28. The van der Waals surface area contributed by atoms with Crippen molar-refractivity contribution >= 4 is 22.7 Å². The van der Waals surface area contributed by atoms with Gasteiger partial charge in [0.05, 0.1) is 0 Å². The minimum absolute atomic E-state index is 0.0404. The Morgan fingerprint density at radius 1 is 1.38 bits per heavy atom. The van der Waals surface area contributed by atoms with Gasteiger partial charge in [-0.25, -0.2) is 8.78 Å². The Labute approximate surface area is 77.1 Å². The molecule has 1 aromatic heterocycles. The smallest absolute Gasteiger partial charge is 0.293 e. The van der Waals surface area contributed by atoms with Crippen LogP contribution in [0.15, 0.2) is 22.6 Å². The van der Waals surface area contributed by atoms with Gasteiger partial charge < -0.3 is 4.42 Å². The normalized spacial score (nSPS) is 11.4. The van der Waals surface area contributed by atoms with E-state index < -0.39 is 6.43 Å². The van der Waals surface area contributed by atoms with Crippen molar-refractivity contribution in [3.05, 3.63) is 29.1 Å². The monoisotopic (exact) mass is 203 g/mol. The molecule has 0 saturated carbocycles. The van der Waals surface area contributed by atoms with Crippen LogP contribution >= 0.6 is 11.6 Å². The van der Waals surface area contributed by atoms with E-state index in [0.29, 0.717) is 5.52 Å². The van der Waals surface area contributed by atoms with Gasteiger partial charge in [-0.3, -0.25) is 0 Å². The van der Waals surface area contributed by atoms with Crippen molar-refractivity contribution in [2.45, 2.75) is 6.43 Å². The summed E-state index contributed by atoms with van der Waals surface area (Å²) in [6.45, 7) is 0. The molecular weight excluding hydrogens is 200 g/mol. The molecule has 0 radical (unpaired) electrons. The molecule has 1 aromatic carbocycles. The lowest BCUT2D eigenvalue weighted by Crippen LogP contribution is -1.81. The number of alkyl halides is 2. The Morgan fingerprint density at radius 3 is 2.85 bits per heavy atom. The first-order valence-corrected chi connectivity index (χ1v) is 3.89. The predicted molar refractivity (Wildman–Crippen MR) is 44.0 cm³/mol. The molecule has 0 fully saturated rings. The Balaban J connectivity index is 2.61. The molecule has 0 unspecified atom stereocenters. The predicted octanol–water partition coefficient (Wildman–Crippen LogP) is 3.42. The first-order chi connectivity index (χ1) is 6.16. The van der Waals surface area contributed by atoms with Gasteiger partial charge in [-0.15, -0.1) is 0 Å². The number of benzene rings is 1. The van der Waals surface area contributed by atoms with Crippen molar-refractivity contribution in [3.63, 3.8) is 0 Å². The zero-order valence-corrected chi connectivity index (χ0v) is 7.05. The minimum Gasteiger partial charge on any atom is -0.428 e. The van der Waals surface area contributed by atoms with Crippen LogP contribution < -0.4 is 0 Å². The largest absolute Gasteiger partial charge is 0.428 e. The molecule has 2 aromatic rings. The molecular formula is C8H4ClF2NO. The van der Waals surface area contributed by atoms with Gasteiger partial charge >= 0.3 is 0 Å². The van der Waals surface area contributed by atoms with Crippen LogP contribution in [0.3, 0.4) is 0 Å². The summed E-state index contributed by atoms with van der Waals surface area (Å²) in [5, 5.41) is -0.0404. The molecule has 0 amide bonds. The van der Waals surface area contributed by atoms with Crippen LogP contribution in [0.5, 0.6) is 0 Å². The second-order valence-corrected chi connectivity index (χ2v) is 2.82. The molecule has 0 aliphatic rings. The molecule has 2 nitrogen and oxygen atoms in total. The third kappa shape index (κ3) is 1.49.